The zero-order valence-corrected chi connectivity index (χ0v) is 7.58. The third kappa shape index (κ3) is 1.16. The molecule has 1 aliphatic carbocycles. The highest BCUT2D eigenvalue weighted by atomic mass is 16.3. The molecule has 0 aliphatic heterocycles. The van der Waals surface area contributed by atoms with Crippen molar-refractivity contribution in [2.24, 2.45) is 11.7 Å². The van der Waals surface area contributed by atoms with Gasteiger partial charge in [-0.1, -0.05) is 0 Å². The molecule has 0 amide bonds. The van der Waals surface area contributed by atoms with Crippen LogP contribution >= 0.6 is 0 Å². The zero-order chi connectivity index (χ0) is 8.72. The van der Waals surface area contributed by atoms with Crippen molar-refractivity contribution in [2.75, 3.05) is 0 Å². The molecule has 2 heteroatoms. The Morgan fingerprint density at radius 3 is 2.83 bits per heavy atom. The number of nitrogens with two attached hydrogens (primary N) is 1. The normalized spacial score (nSPS) is 30.2. The zero-order valence-electron chi connectivity index (χ0n) is 7.58. The Hall–Kier alpha value is -0.760. The fraction of sp³-hybridized carbons (Fsp3) is 0.600. The summed E-state index contributed by atoms with van der Waals surface area (Å²) < 4.78 is 5.25. The second-order valence-electron chi connectivity index (χ2n) is 3.80. The molecule has 1 saturated carbocycles. The second kappa shape index (κ2) is 2.63. The SMILES string of the molecule is Cc1occc1C1CC1C(C)N. The minimum absolute atomic E-state index is 0.323. The van der Waals surface area contributed by atoms with Crippen molar-refractivity contribution in [3.05, 3.63) is 23.7 Å². The molecular weight excluding hydrogens is 150 g/mol. The lowest BCUT2D eigenvalue weighted by Crippen LogP contribution is -2.17. The molecule has 1 aromatic rings. The van der Waals surface area contributed by atoms with Gasteiger partial charge in [0.15, 0.2) is 0 Å². The second-order valence-corrected chi connectivity index (χ2v) is 3.80. The predicted octanol–water partition coefficient (Wildman–Crippen LogP) is 2.04. The number of furan rings is 1. The number of hydrogen-bond donors (Lipinski definition) is 1. The summed E-state index contributed by atoms with van der Waals surface area (Å²) in [6.07, 6.45) is 3.00. The summed E-state index contributed by atoms with van der Waals surface area (Å²) in [7, 11) is 0. The smallest absolute Gasteiger partial charge is 0.104 e. The van der Waals surface area contributed by atoms with Gasteiger partial charge in [0.2, 0.25) is 0 Å². The van der Waals surface area contributed by atoms with Crippen LogP contribution in [0.4, 0.5) is 0 Å². The highest BCUT2D eigenvalue weighted by Crippen LogP contribution is 2.50. The molecule has 2 N–H and O–H groups in total. The molecule has 3 atom stereocenters. The Bertz CT molecular complexity index is 277. The quantitative estimate of drug-likeness (QED) is 0.728. The lowest BCUT2D eigenvalue weighted by Gasteiger charge is -2.01. The molecule has 1 aliphatic rings. The van der Waals surface area contributed by atoms with Gasteiger partial charge in [0.25, 0.3) is 0 Å². The Kier molecular flexibility index (Phi) is 1.72. The van der Waals surface area contributed by atoms with Gasteiger partial charge in [0.1, 0.15) is 5.76 Å². The minimum atomic E-state index is 0.323. The van der Waals surface area contributed by atoms with Crippen LogP contribution in [0.15, 0.2) is 16.7 Å². The Labute approximate surface area is 72.7 Å². The molecule has 12 heavy (non-hydrogen) atoms. The van der Waals surface area contributed by atoms with Gasteiger partial charge in [-0.05, 0) is 43.7 Å². The van der Waals surface area contributed by atoms with E-state index in [9.17, 15) is 0 Å². The van der Waals surface area contributed by atoms with Gasteiger partial charge in [-0.2, -0.15) is 0 Å². The van der Waals surface area contributed by atoms with Crippen molar-refractivity contribution in [1.29, 1.82) is 0 Å². The lowest BCUT2D eigenvalue weighted by atomic mass is 10.1. The van der Waals surface area contributed by atoms with Crippen molar-refractivity contribution >= 4 is 0 Å². The average Bonchev–Trinajstić information content (AvgIpc) is 2.70. The molecule has 0 aromatic carbocycles. The van der Waals surface area contributed by atoms with Gasteiger partial charge < -0.3 is 10.2 Å². The minimum Gasteiger partial charge on any atom is -0.469 e. The summed E-state index contributed by atoms with van der Waals surface area (Å²) in [6.45, 7) is 4.10. The van der Waals surface area contributed by atoms with E-state index in [0.29, 0.717) is 17.9 Å². The third-order valence-corrected chi connectivity index (χ3v) is 2.81. The van der Waals surface area contributed by atoms with Crippen LogP contribution in [0.2, 0.25) is 0 Å². The summed E-state index contributed by atoms with van der Waals surface area (Å²) in [5.41, 5.74) is 7.17. The van der Waals surface area contributed by atoms with E-state index in [1.807, 2.05) is 6.92 Å². The fourth-order valence-corrected chi connectivity index (χ4v) is 1.93. The maximum Gasteiger partial charge on any atom is 0.104 e. The molecular formula is C10H15NO. The van der Waals surface area contributed by atoms with Gasteiger partial charge in [-0.15, -0.1) is 0 Å². The van der Waals surface area contributed by atoms with E-state index < -0.39 is 0 Å². The third-order valence-electron chi connectivity index (χ3n) is 2.81. The summed E-state index contributed by atoms with van der Waals surface area (Å²) in [6, 6.07) is 2.40. The van der Waals surface area contributed by atoms with E-state index in [4.69, 9.17) is 10.2 Å². The molecule has 3 unspecified atom stereocenters. The predicted molar refractivity (Wildman–Crippen MR) is 47.9 cm³/mol. The van der Waals surface area contributed by atoms with E-state index in [-0.39, 0.29) is 0 Å². The molecule has 2 nitrogen and oxygen atoms in total. The van der Waals surface area contributed by atoms with E-state index in [0.717, 1.165) is 5.76 Å². The average molecular weight is 165 g/mol. The van der Waals surface area contributed by atoms with Crippen LogP contribution < -0.4 is 5.73 Å². The first-order valence-electron chi connectivity index (χ1n) is 4.49. The van der Waals surface area contributed by atoms with Crippen LogP contribution in [0.1, 0.15) is 30.6 Å². The molecule has 0 bridgehead atoms. The first-order chi connectivity index (χ1) is 5.70. The van der Waals surface area contributed by atoms with E-state index in [2.05, 4.69) is 13.0 Å². The van der Waals surface area contributed by atoms with Crippen LogP contribution in [0.3, 0.4) is 0 Å². The van der Waals surface area contributed by atoms with Crippen LogP contribution in [-0.4, -0.2) is 6.04 Å². The molecule has 1 heterocycles. The molecule has 1 aromatic heterocycles. The standard InChI is InChI=1S/C10H15NO/c1-6(11)9-5-10(9)8-3-4-12-7(8)2/h3-4,6,9-10H,5,11H2,1-2H3. The van der Waals surface area contributed by atoms with E-state index >= 15 is 0 Å². The van der Waals surface area contributed by atoms with Crippen molar-refractivity contribution in [3.63, 3.8) is 0 Å². The number of rotatable bonds is 2. The molecule has 1 fully saturated rings. The van der Waals surface area contributed by atoms with Gasteiger partial charge in [0.05, 0.1) is 6.26 Å². The highest BCUT2D eigenvalue weighted by molar-refractivity contribution is 5.27. The highest BCUT2D eigenvalue weighted by Gasteiger charge is 2.42. The fourth-order valence-electron chi connectivity index (χ4n) is 1.93. The van der Waals surface area contributed by atoms with Crippen molar-refractivity contribution in [2.45, 2.75) is 32.2 Å². The topological polar surface area (TPSA) is 39.2 Å². The number of hydrogen-bond acceptors (Lipinski definition) is 2. The first kappa shape index (κ1) is 7.87. The van der Waals surface area contributed by atoms with Gasteiger partial charge in [0, 0.05) is 6.04 Å². The maximum atomic E-state index is 5.81. The summed E-state index contributed by atoms with van der Waals surface area (Å²) >= 11 is 0. The lowest BCUT2D eigenvalue weighted by molar-refractivity contribution is 0.527. The van der Waals surface area contributed by atoms with E-state index in [1.54, 1.807) is 6.26 Å². The Balaban J connectivity index is 2.10. The van der Waals surface area contributed by atoms with Gasteiger partial charge in [-0.3, -0.25) is 0 Å². The van der Waals surface area contributed by atoms with E-state index in [1.165, 1.54) is 12.0 Å². The van der Waals surface area contributed by atoms with Gasteiger partial charge in [-0.25, -0.2) is 0 Å². The first-order valence-corrected chi connectivity index (χ1v) is 4.49. The summed E-state index contributed by atoms with van der Waals surface area (Å²) in [5, 5.41) is 0. The molecule has 2 rings (SSSR count). The summed E-state index contributed by atoms with van der Waals surface area (Å²) in [4.78, 5) is 0. The van der Waals surface area contributed by atoms with Crippen LogP contribution in [0.25, 0.3) is 0 Å². The van der Waals surface area contributed by atoms with Crippen LogP contribution in [0, 0.1) is 12.8 Å². The van der Waals surface area contributed by atoms with Crippen LogP contribution in [-0.2, 0) is 0 Å². The maximum absolute atomic E-state index is 5.81. The number of aryl methyl sites for hydroxylation is 1. The monoisotopic (exact) mass is 165 g/mol. The summed E-state index contributed by atoms with van der Waals surface area (Å²) in [5.74, 6) is 2.41. The van der Waals surface area contributed by atoms with Crippen molar-refractivity contribution < 1.29 is 4.42 Å². The molecule has 66 valence electrons. The van der Waals surface area contributed by atoms with Crippen LogP contribution in [0.5, 0.6) is 0 Å². The molecule has 0 radical (unpaired) electrons. The van der Waals surface area contributed by atoms with Crippen molar-refractivity contribution in [1.82, 2.24) is 0 Å². The van der Waals surface area contributed by atoms with Gasteiger partial charge >= 0.3 is 0 Å². The largest absolute Gasteiger partial charge is 0.469 e. The molecule has 0 saturated heterocycles. The Morgan fingerprint density at radius 1 is 1.67 bits per heavy atom. The molecule has 0 spiro atoms. The Morgan fingerprint density at radius 2 is 2.42 bits per heavy atom. The van der Waals surface area contributed by atoms with Crippen molar-refractivity contribution in [3.8, 4) is 0 Å².